The van der Waals surface area contributed by atoms with Crippen molar-refractivity contribution < 1.29 is 13.8 Å². The predicted octanol–water partition coefficient (Wildman–Crippen LogP) is 1.12. The van der Waals surface area contributed by atoms with Crippen LogP contribution in [-0.4, -0.2) is 58.3 Å². The summed E-state index contributed by atoms with van der Waals surface area (Å²) < 4.78 is 11.4. The number of hydrogen-bond acceptors (Lipinski definition) is 3. The lowest BCUT2D eigenvalue weighted by atomic mass is 10.2. The Morgan fingerprint density at radius 2 is 1.57 bits per heavy atom. The minimum Gasteiger partial charge on any atom is -0.341 e. The molecule has 1 saturated heterocycles. The van der Waals surface area contributed by atoms with Crippen LogP contribution in [0.3, 0.4) is 0 Å². The zero-order valence-corrected chi connectivity index (χ0v) is 13.2. The highest BCUT2D eigenvalue weighted by Crippen LogP contribution is 2.12. The van der Waals surface area contributed by atoms with E-state index in [0.29, 0.717) is 36.6 Å². The molecule has 0 radical (unpaired) electrons. The van der Waals surface area contributed by atoms with E-state index >= 15 is 0 Å². The molecule has 6 heteroatoms. The number of carbonyl (C=O) groups excluding carboxylic acids is 2. The molecule has 0 aromatic heterocycles. The van der Waals surface area contributed by atoms with Crippen LogP contribution in [0.1, 0.15) is 23.7 Å². The summed E-state index contributed by atoms with van der Waals surface area (Å²) in [6, 6.07) is 6.88. The fourth-order valence-corrected chi connectivity index (χ4v) is 2.93. The molecule has 0 spiro atoms. The first kappa shape index (κ1) is 15.7. The number of benzene rings is 1. The van der Waals surface area contributed by atoms with Crippen LogP contribution in [0.5, 0.6) is 0 Å². The fourth-order valence-electron chi connectivity index (χ4n) is 2.41. The summed E-state index contributed by atoms with van der Waals surface area (Å²) in [5, 5.41) is 0. The number of carbonyl (C=O) groups is 2. The van der Waals surface area contributed by atoms with Crippen molar-refractivity contribution in [2.24, 2.45) is 0 Å². The summed E-state index contributed by atoms with van der Waals surface area (Å²) >= 11 is 0. The number of rotatable bonds is 2. The Hall–Kier alpha value is -1.69. The van der Waals surface area contributed by atoms with Crippen molar-refractivity contribution in [2.45, 2.75) is 18.2 Å². The highest BCUT2D eigenvalue weighted by Gasteiger charge is 2.21. The van der Waals surface area contributed by atoms with E-state index in [1.807, 2.05) is 0 Å². The average Bonchev–Trinajstić information content (AvgIpc) is 2.72. The molecule has 0 unspecified atom stereocenters. The Bertz CT molecular complexity index is 557. The van der Waals surface area contributed by atoms with Crippen LogP contribution in [-0.2, 0) is 15.6 Å². The Morgan fingerprint density at radius 1 is 1.00 bits per heavy atom. The minimum atomic E-state index is -1.04. The first-order valence-corrected chi connectivity index (χ1v) is 8.53. The van der Waals surface area contributed by atoms with Gasteiger partial charge >= 0.3 is 0 Å². The van der Waals surface area contributed by atoms with Gasteiger partial charge in [-0.15, -0.1) is 0 Å². The van der Waals surface area contributed by atoms with Gasteiger partial charge in [-0.05, 0) is 30.7 Å². The highest BCUT2D eigenvalue weighted by atomic mass is 32.2. The molecule has 114 valence electrons. The summed E-state index contributed by atoms with van der Waals surface area (Å²) in [6.45, 7) is 4.05. The molecule has 1 atom stereocenters. The summed E-state index contributed by atoms with van der Waals surface area (Å²) in [5.41, 5.74) is 0.598. The van der Waals surface area contributed by atoms with E-state index < -0.39 is 10.8 Å². The van der Waals surface area contributed by atoms with E-state index in [1.165, 1.54) is 0 Å². The van der Waals surface area contributed by atoms with Gasteiger partial charge in [0.1, 0.15) is 0 Å². The Balaban J connectivity index is 2.05. The Labute approximate surface area is 127 Å². The third kappa shape index (κ3) is 3.91. The van der Waals surface area contributed by atoms with E-state index in [9.17, 15) is 13.8 Å². The normalized spacial score (nSPS) is 17.2. The van der Waals surface area contributed by atoms with Crippen LogP contribution in [0.25, 0.3) is 0 Å². The molecule has 21 heavy (non-hydrogen) atoms. The lowest BCUT2D eigenvalue weighted by Crippen LogP contribution is -2.36. The molecule has 0 aliphatic carbocycles. The molecule has 1 aromatic rings. The largest absolute Gasteiger partial charge is 0.341 e. The van der Waals surface area contributed by atoms with Crippen LogP contribution in [0.2, 0.25) is 0 Å². The van der Waals surface area contributed by atoms with Gasteiger partial charge in [0.25, 0.3) is 5.91 Å². The maximum absolute atomic E-state index is 12.5. The van der Waals surface area contributed by atoms with Crippen LogP contribution < -0.4 is 0 Å². The number of hydrogen-bond donors (Lipinski definition) is 0. The van der Waals surface area contributed by atoms with E-state index in [0.717, 1.165) is 6.42 Å². The summed E-state index contributed by atoms with van der Waals surface area (Å²) in [4.78, 5) is 28.1. The van der Waals surface area contributed by atoms with Crippen LogP contribution in [0.15, 0.2) is 29.2 Å². The maximum atomic E-state index is 12.5. The second-order valence-corrected chi connectivity index (χ2v) is 6.51. The SMILES string of the molecule is CC(=O)N1CCCN(C(=O)c2ccc([S@](C)=O)cc2)CC1. The van der Waals surface area contributed by atoms with Crippen molar-refractivity contribution in [1.82, 2.24) is 9.80 Å². The molecule has 1 fully saturated rings. The third-order valence-electron chi connectivity index (χ3n) is 3.66. The zero-order valence-electron chi connectivity index (χ0n) is 12.4. The molecule has 1 aliphatic heterocycles. The van der Waals surface area contributed by atoms with Crippen molar-refractivity contribution in [3.8, 4) is 0 Å². The first-order valence-electron chi connectivity index (χ1n) is 6.97. The number of amides is 2. The molecule has 2 amide bonds. The minimum absolute atomic E-state index is 0.0335. The van der Waals surface area contributed by atoms with E-state index in [-0.39, 0.29) is 11.8 Å². The van der Waals surface area contributed by atoms with Crippen molar-refractivity contribution in [3.05, 3.63) is 29.8 Å². The highest BCUT2D eigenvalue weighted by molar-refractivity contribution is 7.84. The van der Waals surface area contributed by atoms with Gasteiger partial charge in [-0.25, -0.2) is 0 Å². The molecule has 1 heterocycles. The lowest BCUT2D eigenvalue weighted by molar-refractivity contribution is -0.128. The van der Waals surface area contributed by atoms with Crippen molar-refractivity contribution in [1.29, 1.82) is 0 Å². The molecule has 2 rings (SSSR count). The monoisotopic (exact) mass is 308 g/mol. The van der Waals surface area contributed by atoms with Gasteiger partial charge in [0.05, 0.1) is 0 Å². The smallest absolute Gasteiger partial charge is 0.253 e. The van der Waals surface area contributed by atoms with Gasteiger partial charge in [-0.1, -0.05) is 0 Å². The molecule has 0 N–H and O–H groups in total. The standard InChI is InChI=1S/C15H20N2O3S/c1-12(18)16-8-3-9-17(11-10-16)15(19)13-4-6-14(7-5-13)21(2)20/h4-7H,3,8-11H2,1-2H3/t21-/m0/s1. The third-order valence-corrected chi connectivity index (χ3v) is 4.60. The molecule has 1 aliphatic rings. The molecule has 0 bridgehead atoms. The molecule has 0 saturated carbocycles. The van der Waals surface area contributed by atoms with Crippen molar-refractivity contribution in [2.75, 3.05) is 32.4 Å². The fraction of sp³-hybridized carbons (Fsp3) is 0.467. The van der Waals surface area contributed by atoms with Crippen LogP contribution >= 0.6 is 0 Å². The molecule has 1 aromatic carbocycles. The Kier molecular flexibility index (Phi) is 5.12. The first-order chi connectivity index (χ1) is 9.99. The van der Waals surface area contributed by atoms with Crippen molar-refractivity contribution in [3.63, 3.8) is 0 Å². The average molecular weight is 308 g/mol. The van der Waals surface area contributed by atoms with Gasteiger partial charge in [-0.2, -0.15) is 0 Å². The van der Waals surface area contributed by atoms with Gasteiger partial charge in [0.2, 0.25) is 5.91 Å². The van der Waals surface area contributed by atoms with Crippen LogP contribution in [0.4, 0.5) is 0 Å². The van der Waals surface area contributed by atoms with E-state index in [2.05, 4.69) is 0 Å². The van der Waals surface area contributed by atoms with E-state index in [1.54, 1.807) is 47.2 Å². The van der Waals surface area contributed by atoms with Crippen molar-refractivity contribution >= 4 is 22.6 Å². The van der Waals surface area contributed by atoms with E-state index in [4.69, 9.17) is 0 Å². The predicted molar refractivity (Wildman–Crippen MR) is 81.5 cm³/mol. The molecular formula is C15H20N2O3S. The second-order valence-electron chi connectivity index (χ2n) is 5.13. The quantitative estimate of drug-likeness (QED) is 0.822. The topological polar surface area (TPSA) is 57.7 Å². The molecule has 5 nitrogen and oxygen atoms in total. The second kappa shape index (κ2) is 6.85. The van der Waals surface area contributed by atoms with Gasteiger partial charge in [-0.3, -0.25) is 13.8 Å². The Morgan fingerprint density at radius 3 is 2.14 bits per heavy atom. The van der Waals surface area contributed by atoms with Gasteiger partial charge in [0, 0.05) is 60.6 Å². The van der Waals surface area contributed by atoms with Crippen LogP contribution in [0, 0.1) is 0 Å². The lowest BCUT2D eigenvalue weighted by Gasteiger charge is -2.21. The maximum Gasteiger partial charge on any atom is 0.253 e. The number of nitrogens with zero attached hydrogens (tertiary/aromatic N) is 2. The summed E-state index contributed by atoms with van der Waals surface area (Å²) in [6.07, 6.45) is 2.41. The zero-order chi connectivity index (χ0) is 15.4. The summed E-state index contributed by atoms with van der Waals surface area (Å²) in [7, 11) is -1.04. The summed E-state index contributed by atoms with van der Waals surface area (Å²) in [5.74, 6) is 0.0212. The molecular weight excluding hydrogens is 288 g/mol. The van der Waals surface area contributed by atoms with Gasteiger partial charge in [0.15, 0.2) is 0 Å². The van der Waals surface area contributed by atoms with Gasteiger partial charge < -0.3 is 9.80 Å².